The number of unbranched alkanes of at least 4 members (excludes halogenated alkanes) is 1. The number of carbonyl (C=O) groups excluding carboxylic acids is 1. The summed E-state index contributed by atoms with van der Waals surface area (Å²) in [6, 6.07) is 2.47. The lowest BCUT2D eigenvalue weighted by Crippen LogP contribution is -1.98. The molecule has 1 amide bonds. The van der Waals surface area contributed by atoms with Crippen LogP contribution < -0.4 is 5.32 Å². The first-order valence-electron chi connectivity index (χ1n) is 2.59. The Morgan fingerprint density at radius 2 is 2.50 bits per heavy atom. The molecular weight excluding hydrogens is 102 g/mol. The molecule has 0 atom stereocenters. The number of carbonyl (C=O) groups is 1. The summed E-state index contributed by atoms with van der Waals surface area (Å²) in [7, 11) is 0. The van der Waals surface area contributed by atoms with E-state index in [9.17, 15) is 4.79 Å². The molecule has 0 radical (unpaired) electrons. The Bertz CT molecular complexity index is 109. The first kappa shape index (κ1) is 7.03. The Morgan fingerprint density at radius 1 is 1.75 bits per heavy atom. The van der Waals surface area contributed by atoms with Gasteiger partial charge in [-0.1, -0.05) is 12.8 Å². The molecule has 0 rings (SSSR count). The van der Waals surface area contributed by atoms with Crippen LogP contribution in [0, 0.1) is 12.0 Å². The Hall–Kier alpha value is -0.970. The van der Waals surface area contributed by atoms with E-state index in [0.29, 0.717) is 6.41 Å². The van der Waals surface area contributed by atoms with Gasteiger partial charge in [0.25, 0.3) is 0 Å². The van der Waals surface area contributed by atoms with Crippen LogP contribution in [0.15, 0.2) is 0 Å². The fourth-order valence-electron chi connectivity index (χ4n) is 0.268. The summed E-state index contributed by atoms with van der Waals surface area (Å²) in [6.45, 7) is 2.04. The number of nitrogens with one attached hydrogen (secondary N) is 1. The third kappa shape index (κ3) is 5.03. The molecule has 0 bridgehead atoms. The zero-order valence-corrected chi connectivity index (χ0v) is 4.90. The van der Waals surface area contributed by atoms with Gasteiger partial charge in [0, 0.05) is 12.5 Å². The molecule has 0 fully saturated rings. The standard InChI is InChI=1S/C6H9NO/c1-2-3-4-5-7-6-8/h6H,2-3H2,1H3,(H,7,8). The summed E-state index contributed by atoms with van der Waals surface area (Å²) >= 11 is 0. The van der Waals surface area contributed by atoms with Gasteiger partial charge in [-0.15, -0.1) is 0 Å². The second-order valence-corrected chi connectivity index (χ2v) is 1.31. The molecule has 0 aliphatic heterocycles. The predicted octanol–water partition coefficient (Wildman–Crippen LogP) is 0.493. The van der Waals surface area contributed by atoms with Gasteiger partial charge in [-0.2, -0.15) is 0 Å². The zero-order chi connectivity index (χ0) is 6.24. The van der Waals surface area contributed by atoms with Crippen LogP contribution in [0.5, 0.6) is 0 Å². The fraction of sp³-hybridized carbons (Fsp3) is 0.500. The second-order valence-electron chi connectivity index (χ2n) is 1.31. The van der Waals surface area contributed by atoms with Gasteiger partial charge in [-0.3, -0.25) is 10.1 Å². The van der Waals surface area contributed by atoms with Crippen LogP contribution in [0.3, 0.4) is 0 Å². The minimum absolute atomic E-state index is 0.572. The van der Waals surface area contributed by atoms with E-state index >= 15 is 0 Å². The maximum atomic E-state index is 9.55. The van der Waals surface area contributed by atoms with Crippen LogP contribution in [0.1, 0.15) is 19.8 Å². The van der Waals surface area contributed by atoms with E-state index in [-0.39, 0.29) is 0 Å². The molecule has 0 heterocycles. The predicted molar refractivity (Wildman–Crippen MR) is 31.9 cm³/mol. The SMILES string of the molecule is CCCC#CNC=O. The summed E-state index contributed by atoms with van der Waals surface area (Å²) in [5.74, 6) is 2.74. The molecule has 1 N–H and O–H groups in total. The lowest BCUT2D eigenvalue weighted by atomic mass is 10.4. The Kier molecular flexibility index (Phi) is 5.30. The van der Waals surface area contributed by atoms with Gasteiger partial charge in [0.1, 0.15) is 0 Å². The number of hydrogen-bond acceptors (Lipinski definition) is 1. The summed E-state index contributed by atoms with van der Waals surface area (Å²) < 4.78 is 0. The minimum atomic E-state index is 0.572. The van der Waals surface area contributed by atoms with Crippen LogP contribution in [-0.4, -0.2) is 6.41 Å². The van der Waals surface area contributed by atoms with Crippen molar-refractivity contribution in [1.82, 2.24) is 5.32 Å². The normalized spacial score (nSPS) is 6.62. The maximum absolute atomic E-state index is 9.55. The van der Waals surface area contributed by atoms with E-state index < -0.39 is 0 Å². The summed E-state index contributed by atoms with van der Waals surface area (Å²) in [4.78, 5) is 9.55. The van der Waals surface area contributed by atoms with Gasteiger partial charge in [0.05, 0.1) is 0 Å². The molecule has 0 aliphatic carbocycles. The first-order chi connectivity index (χ1) is 3.91. The van der Waals surface area contributed by atoms with Crippen LogP contribution in [-0.2, 0) is 4.79 Å². The molecule has 0 aromatic heterocycles. The number of amides is 1. The maximum Gasteiger partial charge on any atom is 0.218 e. The molecule has 0 aliphatic rings. The van der Waals surface area contributed by atoms with Gasteiger partial charge >= 0.3 is 0 Å². The van der Waals surface area contributed by atoms with Crippen LogP contribution in [0.2, 0.25) is 0 Å². The second kappa shape index (κ2) is 6.03. The molecule has 0 saturated carbocycles. The highest BCUT2D eigenvalue weighted by atomic mass is 16.1. The molecule has 44 valence electrons. The quantitative estimate of drug-likeness (QED) is 0.313. The average Bonchev–Trinajstić information content (AvgIpc) is 1.81. The van der Waals surface area contributed by atoms with E-state index in [1.807, 2.05) is 6.92 Å². The highest BCUT2D eigenvalue weighted by Crippen LogP contribution is 1.78. The number of hydrogen-bond donors (Lipinski definition) is 1. The third-order valence-electron chi connectivity index (χ3n) is 0.594. The molecule has 8 heavy (non-hydrogen) atoms. The smallest absolute Gasteiger partial charge is 0.218 e. The molecule has 0 aromatic rings. The van der Waals surface area contributed by atoms with Crippen molar-refractivity contribution < 1.29 is 4.79 Å². The number of rotatable bonds is 2. The van der Waals surface area contributed by atoms with Gasteiger partial charge in [-0.05, 0) is 6.42 Å². The van der Waals surface area contributed by atoms with Crippen molar-refractivity contribution in [2.75, 3.05) is 0 Å². The first-order valence-corrected chi connectivity index (χ1v) is 2.59. The Balaban J connectivity index is 3.07. The van der Waals surface area contributed by atoms with E-state index in [0.717, 1.165) is 12.8 Å². The van der Waals surface area contributed by atoms with Gasteiger partial charge < -0.3 is 0 Å². The lowest BCUT2D eigenvalue weighted by Gasteiger charge is -1.76. The molecular formula is C6H9NO. The third-order valence-corrected chi connectivity index (χ3v) is 0.594. The summed E-state index contributed by atoms with van der Waals surface area (Å²) in [5.41, 5.74) is 0. The topological polar surface area (TPSA) is 29.1 Å². The highest BCUT2D eigenvalue weighted by Gasteiger charge is 1.67. The largest absolute Gasteiger partial charge is 0.288 e. The monoisotopic (exact) mass is 111 g/mol. The van der Waals surface area contributed by atoms with Crippen molar-refractivity contribution in [3.8, 4) is 12.0 Å². The van der Waals surface area contributed by atoms with E-state index in [1.165, 1.54) is 0 Å². The Labute approximate surface area is 49.3 Å². The van der Waals surface area contributed by atoms with Crippen LogP contribution >= 0.6 is 0 Å². The molecule has 0 unspecified atom stereocenters. The average molecular weight is 111 g/mol. The molecule has 2 heteroatoms. The fourth-order valence-corrected chi connectivity index (χ4v) is 0.268. The van der Waals surface area contributed by atoms with Crippen molar-refractivity contribution in [2.24, 2.45) is 0 Å². The van der Waals surface area contributed by atoms with E-state index in [2.05, 4.69) is 17.3 Å². The van der Waals surface area contributed by atoms with Gasteiger partial charge in [-0.25, -0.2) is 0 Å². The minimum Gasteiger partial charge on any atom is -0.288 e. The molecule has 0 saturated heterocycles. The molecule has 0 spiro atoms. The van der Waals surface area contributed by atoms with Gasteiger partial charge in [0.2, 0.25) is 6.41 Å². The van der Waals surface area contributed by atoms with Gasteiger partial charge in [0.15, 0.2) is 0 Å². The van der Waals surface area contributed by atoms with Crippen molar-refractivity contribution in [3.05, 3.63) is 0 Å². The lowest BCUT2D eigenvalue weighted by molar-refractivity contribution is -0.108. The zero-order valence-electron chi connectivity index (χ0n) is 4.90. The molecule has 2 nitrogen and oxygen atoms in total. The van der Waals surface area contributed by atoms with Crippen molar-refractivity contribution in [2.45, 2.75) is 19.8 Å². The van der Waals surface area contributed by atoms with E-state index in [4.69, 9.17) is 0 Å². The molecule has 0 aromatic carbocycles. The summed E-state index contributed by atoms with van der Waals surface area (Å²) in [5, 5.41) is 2.24. The highest BCUT2D eigenvalue weighted by molar-refractivity contribution is 5.49. The van der Waals surface area contributed by atoms with Crippen molar-refractivity contribution in [1.29, 1.82) is 0 Å². The van der Waals surface area contributed by atoms with E-state index in [1.54, 1.807) is 0 Å². The van der Waals surface area contributed by atoms with Crippen LogP contribution in [0.4, 0.5) is 0 Å². The Morgan fingerprint density at radius 3 is 3.00 bits per heavy atom. The van der Waals surface area contributed by atoms with Crippen molar-refractivity contribution in [3.63, 3.8) is 0 Å². The van der Waals surface area contributed by atoms with Crippen molar-refractivity contribution >= 4 is 6.41 Å². The van der Waals surface area contributed by atoms with Crippen LogP contribution in [0.25, 0.3) is 0 Å². The summed E-state index contributed by atoms with van der Waals surface area (Å²) in [6.07, 6.45) is 2.46.